The summed E-state index contributed by atoms with van der Waals surface area (Å²) in [5, 5.41) is 20.2. The number of aromatic nitrogens is 7. The molecule has 0 saturated carbocycles. The van der Waals surface area contributed by atoms with Crippen molar-refractivity contribution in [3.8, 4) is 17.2 Å². The Hall–Kier alpha value is -4.20. The van der Waals surface area contributed by atoms with Gasteiger partial charge < -0.3 is 11.1 Å². The summed E-state index contributed by atoms with van der Waals surface area (Å²) >= 11 is 15.6. The Morgan fingerprint density at radius 3 is 2.65 bits per heavy atom. The van der Waals surface area contributed by atoms with Crippen LogP contribution in [0.3, 0.4) is 0 Å². The molecule has 0 saturated heterocycles. The molecule has 40 heavy (non-hydrogen) atoms. The predicted octanol–water partition coefficient (Wildman–Crippen LogP) is 4.84. The third-order valence-corrected chi connectivity index (χ3v) is 6.79. The highest BCUT2D eigenvalue weighted by Crippen LogP contribution is 2.27. The van der Waals surface area contributed by atoms with Gasteiger partial charge in [0, 0.05) is 16.8 Å². The molecule has 11 nitrogen and oxygen atoms in total. The quantitative estimate of drug-likeness (QED) is 0.258. The van der Waals surface area contributed by atoms with Crippen LogP contribution in [0.1, 0.15) is 32.1 Å². The van der Waals surface area contributed by atoms with Gasteiger partial charge in [-0.25, -0.2) is 14.1 Å². The van der Waals surface area contributed by atoms with Crippen LogP contribution in [0.15, 0.2) is 59.2 Å². The first-order valence-electron chi connectivity index (χ1n) is 11.4. The molecule has 0 aliphatic carbocycles. The van der Waals surface area contributed by atoms with Crippen LogP contribution in [0.5, 0.6) is 0 Å². The third-order valence-electron chi connectivity index (χ3n) is 5.67. The number of amides is 2. The number of benzene rings is 2. The second kappa shape index (κ2) is 11.1. The van der Waals surface area contributed by atoms with Gasteiger partial charge in [-0.2, -0.15) is 9.90 Å². The molecule has 3 aromatic heterocycles. The van der Waals surface area contributed by atoms with E-state index in [0.29, 0.717) is 21.8 Å². The second-order valence-electron chi connectivity index (χ2n) is 8.48. The van der Waals surface area contributed by atoms with Crippen LogP contribution in [0, 0.1) is 12.7 Å². The highest BCUT2D eigenvalue weighted by molar-refractivity contribution is 9.10. The number of halogens is 4. The smallest absolute Gasteiger partial charge is 0.274 e. The van der Waals surface area contributed by atoms with Gasteiger partial charge in [-0.05, 0) is 82.2 Å². The maximum Gasteiger partial charge on any atom is 0.274 e. The number of nitrogens with zero attached hydrogens (tertiary/aromatic N) is 7. The molecule has 0 unspecified atom stereocenters. The number of rotatable bonds is 7. The zero-order valence-electron chi connectivity index (χ0n) is 20.4. The topological polar surface area (TPSA) is 146 Å². The number of anilines is 1. The monoisotopic (exact) mass is 643 g/mol. The molecule has 3 N–H and O–H groups in total. The summed E-state index contributed by atoms with van der Waals surface area (Å²) in [6, 6.07) is 12.1. The summed E-state index contributed by atoms with van der Waals surface area (Å²) in [6.45, 7) is 1.71. The molecule has 3 heterocycles. The van der Waals surface area contributed by atoms with E-state index in [0.717, 1.165) is 0 Å². The van der Waals surface area contributed by atoms with Crippen molar-refractivity contribution in [1.82, 2.24) is 35.0 Å². The SMILES string of the molecule is Cc1cc(Cl)cc(C(N)=O)c1NC(=O)c1cc(Cn2nnc(-c3ccc(F)c(Br)c3)n2)nn1-c1ncccc1Cl. The molecule has 0 aliphatic rings. The lowest BCUT2D eigenvalue weighted by Gasteiger charge is -2.13. The summed E-state index contributed by atoms with van der Waals surface area (Å²) in [7, 11) is 0. The average Bonchev–Trinajstić information content (AvgIpc) is 3.55. The first-order chi connectivity index (χ1) is 19.1. The zero-order chi connectivity index (χ0) is 28.6. The van der Waals surface area contributed by atoms with E-state index in [4.69, 9.17) is 28.9 Å². The molecule has 0 bridgehead atoms. The van der Waals surface area contributed by atoms with Crippen molar-refractivity contribution >= 4 is 56.6 Å². The van der Waals surface area contributed by atoms with Crippen molar-refractivity contribution in [2.75, 3.05) is 5.32 Å². The van der Waals surface area contributed by atoms with Crippen molar-refractivity contribution in [3.63, 3.8) is 0 Å². The van der Waals surface area contributed by atoms with Crippen molar-refractivity contribution in [3.05, 3.63) is 97.6 Å². The standard InChI is InChI=1S/C25H17BrCl2FN9O2/c1-12-7-14(27)9-16(22(30)39)21(12)32-25(40)20-10-15(34-38(20)24-18(28)3-2-6-31-24)11-37-35-23(33-36-37)13-4-5-19(29)17(26)8-13/h2-10H,11H2,1H3,(H2,30,39)(H,32,40). The second-order valence-corrected chi connectivity index (χ2v) is 10.2. The van der Waals surface area contributed by atoms with Gasteiger partial charge in [0.25, 0.3) is 11.8 Å². The average molecular weight is 645 g/mol. The fraction of sp³-hybridized carbons (Fsp3) is 0.0800. The molecule has 0 radical (unpaired) electrons. The summed E-state index contributed by atoms with van der Waals surface area (Å²) in [6.07, 6.45) is 1.50. The number of primary amides is 1. The van der Waals surface area contributed by atoms with Crippen LogP contribution in [-0.4, -0.2) is 46.8 Å². The Morgan fingerprint density at radius 1 is 1.12 bits per heavy atom. The fourth-order valence-corrected chi connectivity index (χ4v) is 4.70. The minimum absolute atomic E-state index is 0.0274. The molecule has 5 aromatic rings. The molecule has 15 heteroatoms. The van der Waals surface area contributed by atoms with Crippen molar-refractivity contribution in [1.29, 1.82) is 0 Å². The van der Waals surface area contributed by atoms with E-state index in [1.165, 1.54) is 46.0 Å². The number of pyridine rings is 1. The minimum atomic E-state index is -0.760. The van der Waals surface area contributed by atoms with Crippen LogP contribution in [-0.2, 0) is 6.54 Å². The number of aryl methyl sites for hydroxylation is 1. The summed E-state index contributed by atoms with van der Waals surface area (Å²) in [5.74, 6) is -1.33. The first kappa shape index (κ1) is 27.4. The van der Waals surface area contributed by atoms with E-state index in [-0.39, 0.29) is 44.6 Å². The molecule has 5 rings (SSSR count). The maximum atomic E-state index is 13.6. The largest absolute Gasteiger partial charge is 0.366 e. The molecule has 0 aliphatic heterocycles. The highest BCUT2D eigenvalue weighted by atomic mass is 79.9. The zero-order valence-corrected chi connectivity index (χ0v) is 23.5. The van der Waals surface area contributed by atoms with Gasteiger partial charge in [-0.3, -0.25) is 9.59 Å². The lowest BCUT2D eigenvalue weighted by molar-refractivity contribution is 0.100. The molecule has 2 aromatic carbocycles. The molecular weight excluding hydrogens is 628 g/mol. The van der Waals surface area contributed by atoms with Gasteiger partial charge in [-0.15, -0.1) is 10.2 Å². The van der Waals surface area contributed by atoms with E-state index < -0.39 is 17.6 Å². The highest BCUT2D eigenvalue weighted by Gasteiger charge is 2.23. The number of hydrogen-bond donors (Lipinski definition) is 2. The van der Waals surface area contributed by atoms with Gasteiger partial charge in [0.05, 0.1) is 26.4 Å². The van der Waals surface area contributed by atoms with Crippen LogP contribution in [0.2, 0.25) is 10.0 Å². The number of tetrazole rings is 1. The van der Waals surface area contributed by atoms with E-state index in [1.807, 2.05) is 0 Å². The van der Waals surface area contributed by atoms with E-state index in [2.05, 4.69) is 46.7 Å². The third kappa shape index (κ3) is 5.57. The Balaban J connectivity index is 1.50. The van der Waals surface area contributed by atoms with Crippen molar-refractivity contribution in [2.24, 2.45) is 5.73 Å². The Labute approximate surface area is 244 Å². The van der Waals surface area contributed by atoms with Gasteiger partial charge in [0.2, 0.25) is 5.82 Å². The number of nitrogens with two attached hydrogens (primary N) is 1. The summed E-state index contributed by atoms with van der Waals surface area (Å²) in [5.41, 5.74) is 7.29. The Morgan fingerprint density at radius 2 is 1.93 bits per heavy atom. The Kier molecular flexibility index (Phi) is 7.61. The number of nitrogens with one attached hydrogen (secondary N) is 1. The van der Waals surface area contributed by atoms with Gasteiger partial charge >= 0.3 is 0 Å². The molecule has 0 spiro atoms. The van der Waals surface area contributed by atoms with E-state index >= 15 is 0 Å². The van der Waals surface area contributed by atoms with Crippen LogP contribution >= 0.6 is 39.1 Å². The number of carbonyl (C=O) groups excluding carboxylic acids is 2. The van der Waals surface area contributed by atoms with E-state index in [9.17, 15) is 14.0 Å². The summed E-state index contributed by atoms with van der Waals surface area (Å²) in [4.78, 5) is 31.1. The maximum absolute atomic E-state index is 13.6. The lowest BCUT2D eigenvalue weighted by atomic mass is 10.1. The molecule has 202 valence electrons. The molecular formula is C25H17BrCl2FN9O2. The summed E-state index contributed by atoms with van der Waals surface area (Å²) < 4.78 is 15.2. The number of hydrogen-bond acceptors (Lipinski definition) is 7. The molecule has 2 amide bonds. The van der Waals surface area contributed by atoms with Gasteiger partial charge in [-0.1, -0.05) is 23.2 Å². The first-order valence-corrected chi connectivity index (χ1v) is 13.0. The molecule has 0 fully saturated rings. The fourth-order valence-electron chi connectivity index (χ4n) is 3.85. The van der Waals surface area contributed by atoms with Crippen LogP contribution < -0.4 is 11.1 Å². The normalized spacial score (nSPS) is 11.0. The van der Waals surface area contributed by atoms with E-state index in [1.54, 1.807) is 25.1 Å². The van der Waals surface area contributed by atoms with Crippen LogP contribution in [0.4, 0.5) is 10.1 Å². The van der Waals surface area contributed by atoms with Gasteiger partial charge in [0.1, 0.15) is 18.1 Å². The molecule has 0 atom stereocenters. The lowest BCUT2D eigenvalue weighted by Crippen LogP contribution is -2.21. The van der Waals surface area contributed by atoms with Crippen molar-refractivity contribution in [2.45, 2.75) is 13.5 Å². The Bertz CT molecular complexity index is 1790. The van der Waals surface area contributed by atoms with Crippen molar-refractivity contribution < 1.29 is 14.0 Å². The van der Waals surface area contributed by atoms with Gasteiger partial charge in [0.15, 0.2) is 5.82 Å². The van der Waals surface area contributed by atoms with Crippen LogP contribution in [0.25, 0.3) is 17.2 Å². The number of carbonyl (C=O) groups is 2. The predicted molar refractivity (Wildman–Crippen MR) is 149 cm³/mol. The minimum Gasteiger partial charge on any atom is -0.366 e.